The monoisotopic (exact) mass is 263 g/mol. The van der Waals surface area contributed by atoms with E-state index in [0.29, 0.717) is 6.61 Å². The van der Waals surface area contributed by atoms with Crippen LogP contribution in [-0.4, -0.2) is 56.9 Å². The highest BCUT2D eigenvalue weighted by Crippen LogP contribution is 2.10. The number of ether oxygens (including phenoxy) is 1. The molecule has 0 aromatic carbocycles. The average molecular weight is 263 g/mol. The van der Waals surface area contributed by atoms with Gasteiger partial charge in [-0.25, -0.2) is 0 Å². The third-order valence-electron chi connectivity index (χ3n) is 2.44. The van der Waals surface area contributed by atoms with E-state index in [4.69, 9.17) is 10.00 Å². The Morgan fingerprint density at radius 1 is 1.35 bits per heavy atom. The van der Waals surface area contributed by atoms with E-state index in [1.807, 2.05) is 6.07 Å². The van der Waals surface area contributed by atoms with Crippen molar-refractivity contribution in [1.29, 1.82) is 5.26 Å². The van der Waals surface area contributed by atoms with Crippen molar-refractivity contribution >= 4 is 10.2 Å². The number of methoxy groups -OCH3 is 1. The van der Waals surface area contributed by atoms with Crippen LogP contribution in [0.5, 0.6) is 0 Å². The van der Waals surface area contributed by atoms with Crippen molar-refractivity contribution in [3.05, 3.63) is 0 Å². The predicted molar refractivity (Wildman–Crippen MR) is 65.5 cm³/mol. The fraction of sp³-hybridized carbons (Fsp3) is 0.900. The molecule has 0 spiro atoms. The zero-order valence-electron chi connectivity index (χ0n) is 10.9. The maximum Gasteiger partial charge on any atom is 0.282 e. The quantitative estimate of drug-likeness (QED) is 0.636. The summed E-state index contributed by atoms with van der Waals surface area (Å²) < 4.78 is 31.8. The lowest BCUT2D eigenvalue weighted by molar-refractivity contribution is 0.176. The Morgan fingerprint density at radius 3 is 2.35 bits per heavy atom. The standard InChI is InChI=1S/C10H21N3O3S/c1-10(2)12(3)17(14,15)13(7-5-6-11)8-9-16-4/h10H,5,7-9H2,1-4H3. The first kappa shape index (κ1) is 16.3. The van der Waals surface area contributed by atoms with Crippen molar-refractivity contribution in [2.24, 2.45) is 0 Å². The van der Waals surface area contributed by atoms with Gasteiger partial charge < -0.3 is 4.74 Å². The molecule has 0 unspecified atom stereocenters. The summed E-state index contributed by atoms with van der Waals surface area (Å²) in [5.41, 5.74) is 0. The van der Waals surface area contributed by atoms with E-state index in [-0.39, 0.29) is 25.6 Å². The Morgan fingerprint density at radius 2 is 1.94 bits per heavy atom. The summed E-state index contributed by atoms with van der Waals surface area (Å²) in [4.78, 5) is 0. The van der Waals surface area contributed by atoms with Gasteiger partial charge >= 0.3 is 0 Å². The topological polar surface area (TPSA) is 73.6 Å². The molecule has 0 heterocycles. The highest BCUT2D eigenvalue weighted by atomic mass is 32.2. The van der Waals surface area contributed by atoms with Gasteiger partial charge in [0.05, 0.1) is 12.7 Å². The zero-order valence-corrected chi connectivity index (χ0v) is 11.7. The summed E-state index contributed by atoms with van der Waals surface area (Å²) in [6, 6.07) is 1.83. The van der Waals surface area contributed by atoms with Crippen LogP contribution in [0.25, 0.3) is 0 Å². The number of hydrogen-bond donors (Lipinski definition) is 0. The van der Waals surface area contributed by atoms with Crippen LogP contribution in [0.3, 0.4) is 0 Å². The van der Waals surface area contributed by atoms with Gasteiger partial charge in [-0.15, -0.1) is 0 Å². The third-order valence-corrected chi connectivity index (χ3v) is 4.60. The van der Waals surface area contributed by atoms with E-state index >= 15 is 0 Å². The molecule has 0 aromatic heterocycles. The molecule has 0 aliphatic rings. The van der Waals surface area contributed by atoms with E-state index in [2.05, 4.69) is 0 Å². The van der Waals surface area contributed by atoms with Gasteiger partial charge in [0.2, 0.25) is 0 Å². The second kappa shape index (κ2) is 7.61. The molecule has 0 aromatic rings. The van der Waals surface area contributed by atoms with Gasteiger partial charge in [-0.3, -0.25) is 0 Å². The summed E-state index contributed by atoms with van der Waals surface area (Å²) in [5.74, 6) is 0. The molecule has 0 radical (unpaired) electrons. The van der Waals surface area contributed by atoms with Crippen LogP contribution in [0.4, 0.5) is 0 Å². The molecule has 0 aliphatic heterocycles. The van der Waals surface area contributed by atoms with E-state index in [0.717, 1.165) is 0 Å². The van der Waals surface area contributed by atoms with Crippen molar-refractivity contribution in [2.45, 2.75) is 26.3 Å². The molecule has 0 fully saturated rings. The van der Waals surface area contributed by atoms with Gasteiger partial charge in [0.25, 0.3) is 10.2 Å². The molecule has 0 saturated carbocycles. The smallest absolute Gasteiger partial charge is 0.282 e. The first-order valence-corrected chi connectivity index (χ1v) is 6.86. The van der Waals surface area contributed by atoms with Gasteiger partial charge in [0, 0.05) is 39.7 Å². The summed E-state index contributed by atoms with van der Waals surface area (Å²) in [6.07, 6.45) is 0.175. The van der Waals surface area contributed by atoms with Crippen LogP contribution in [-0.2, 0) is 14.9 Å². The van der Waals surface area contributed by atoms with E-state index in [1.54, 1.807) is 13.8 Å². The normalized spacial score (nSPS) is 12.4. The highest BCUT2D eigenvalue weighted by molar-refractivity contribution is 7.86. The minimum Gasteiger partial charge on any atom is -0.383 e. The van der Waals surface area contributed by atoms with Crippen LogP contribution in [0.15, 0.2) is 0 Å². The molecule has 0 aliphatic carbocycles. The maximum absolute atomic E-state index is 12.2. The van der Waals surface area contributed by atoms with Gasteiger partial charge in [0.15, 0.2) is 0 Å². The van der Waals surface area contributed by atoms with Crippen LogP contribution in [0.1, 0.15) is 20.3 Å². The Kier molecular flexibility index (Phi) is 7.30. The molecule has 0 amide bonds. The summed E-state index contributed by atoms with van der Waals surface area (Å²) in [7, 11) is -0.460. The van der Waals surface area contributed by atoms with Gasteiger partial charge in [-0.05, 0) is 13.8 Å². The molecule has 0 bridgehead atoms. The summed E-state index contributed by atoms with van der Waals surface area (Å²) >= 11 is 0. The number of nitriles is 1. The minimum absolute atomic E-state index is 0.118. The van der Waals surface area contributed by atoms with Crippen LogP contribution in [0.2, 0.25) is 0 Å². The van der Waals surface area contributed by atoms with Crippen molar-refractivity contribution in [2.75, 3.05) is 33.9 Å². The largest absolute Gasteiger partial charge is 0.383 e. The Labute approximate surface area is 104 Å². The molecule has 100 valence electrons. The van der Waals surface area contributed by atoms with Gasteiger partial charge in [0.1, 0.15) is 0 Å². The maximum atomic E-state index is 12.2. The average Bonchev–Trinajstić information content (AvgIpc) is 2.27. The second-order valence-corrected chi connectivity index (χ2v) is 5.91. The minimum atomic E-state index is -3.51. The Hall–Kier alpha value is -0.680. The van der Waals surface area contributed by atoms with E-state index in [1.165, 1.54) is 22.8 Å². The van der Waals surface area contributed by atoms with Crippen molar-refractivity contribution in [3.8, 4) is 6.07 Å². The number of rotatable bonds is 8. The molecule has 6 nitrogen and oxygen atoms in total. The first-order valence-electron chi connectivity index (χ1n) is 5.47. The Balaban J connectivity index is 4.82. The van der Waals surface area contributed by atoms with Crippen molar-refractivity contribution < 1.29 is 13.2 Å². The lowest BCUT2D eigenvalue weighted by Crippen LogP contribution is -2.46. The molecule has 7 heteroatoms. The van der Waals surface area contributed by atoms with Crippen LogP contribution >= 0.6 is 0 Å². The predicted octanol–water partition coefficient (Wildman–Crippen LogP) is 0.433. The highest BCUT2D eigenvalue weighted by Gasteiger charge is 2.27. The fourth-order valence-corrected chi connectivity index (χ4v) is 2.68. The molecular formula is C10H21N3O3S. The van der Waals surface area contributed by atoms with Crippen molar-refractivity contribution in [3.63, 3.8) is 0 Å². The van der Waals surface area contributed by atoms with E-state index < -0.39 is 10.2 Å². The summed E-state index contributed by atoms with van der Waals surface area (Å²) in [5, 5.41) is 8.54. The molecule has 0 N–H and O–H groups in total. The van der Waals surface area contributed by atoms with Gasteiger partial charge in [-0.2, -0.15) is 22.3 Å². The molecular weight excluding hydrogens is 242 g/mol. The zero-order chi connectivity index (χ0) is 13.5. The van der Waals surface area contributed by atoms with Gasteiger partial charge in [-0.1, -0.05) is 0 Å². The molecule has 17 heavy (non-hydrogen) atoms. The summed E-state index contributed by atoms with van der Waals surface area (Å²) in [6.45, 7) is 4.38. The second-order valence-electron chi connectivity index (χ2n) is 3.92. The van der Waals surface area contributed by atoms with Crippen molar-refractivity contribution in [1.82, 2.24) is 8.61 Å². The molecule has 0 atom stereocenters. The van der Waals surface area contributed by atoms with Crippen LogP contribution < -0.4 is 0 Å². The SMILES string of the molecule is COCCN(CCC#N)S(=O)(=O)N(C)C(C)C. The Bertz CT molecular complexity index is 348. The lowest BCUT2D eigenvalue weighted by Gasteiger charge is -2.29. The number of hydrogen-bond acceptors (Lipinski definition) is 4. The fourth-order valence-electron chi connectivity index (χ4n) is 1.16. The molecule has 0 saturated heterocycles. The third kappa shape index (κ3) is 5.00. The van der Waals surface area contributed by atoms with Crippen LogP contribution in [0, 0.1) is 11.3 Å². The number of nitrogens with zero attached hydrogens (tertiary/aromatic N) is 3. The first-order chi connectivity index (χ1) is 7.87. The van der Waals surface area contributed by atoms with E-state index in [9.17, 15) is 8.42 Å². The molecule has 0 rings (SSSR count). The lowest BCUT2D eigenvalue weighted by atomic mass is 10.4.